The van der Waals surface area contributed by atoms with Crippen LogP contribution in [0.2, 0.25) is 5.02 Å². The van der Waals surface area contributed by atoms with Gasteiger partial charge in [0.05, 0.1) is 26.4 Å². The topological polar surface area (TPSA) is 104 Å². The molecule has 0 aromatic carbocycles. The molecular weight excluding hydrogens is 580 g/mol. The van der Waals surface area contributed by atoms with Crippen molar-refractivity contribution in [1.82, 2.24) is 29.6 Å². The van der Waals surface area contributed by atoms with Crippen LogP contribution < -0.4 is 15.6 Å². The molecule has 1 amide bonds. The fourth-order valence-corrected chi connectivity index (χ4v) is 4.71. The summed E-state index contributed by atoms with van der Waals surface area (Å²) in [5.74, 6) is -5.65. The third-order valence-electron chi connectivity index (χ3n) is 6.33. The molecule has 0 atom stereocenters. The van der Waals surface area contributed by atoms with E-state index in [4.69, 9.17) is 19.1 Å². The van der Waals surface area contributed by atoms with E-state index in [1.807, 2.05) is 0 Å². The van der Waals surface area contributed by atoms with Gasteiger partial charge < -0.3 is 10.1 Å². The first kappa shape index (κ1) is 26.4. The molecule has 5 rings (SSSR count). The average Bonchev–Trinajstić information content (AvgIpc) is 3.30. The highest BCUT2D eigenvalue weighted by Gasteiger charge is 2.31. The molecule has 4 aromatic rings. The highest BCUT2D eigenvalue weighted by Crippen LogP contribution is 2.31. The molecule has 5 heterocycles. The Kier molecular flexibility index (Phi) is 6.94. The Morgan fingerprint density at radius 3 is 2.60 bits per heavy atom. The van der Waals surface area contributed by atoms with Gasteiger partial charge in [-0.1, -0.05) is 23.8 Å². The first-order valence-corrected chi connectivity index (χ1v) is 12.8. The van der Waals surface area contributed by atoms with Gasteiger partial charge in [0, 0.05) is 42.9 Å². The molecule has 9 nitrogen and oxygen atoms in total. The van der Waals surface area contributed by atoms with Crippen molar-refractivity contribution in [2.75, 3.05) is 0 Å². The SMILES string of the molecule is [2H]C([2H])(Oc1cc2n(c(=O)c1Cl)-c1c(cnc(-n3cc(F)c(C(C)(C)NC(C)=O)n3)c1F)C/C=C\C2)c1ncc(F)cc1F. The Balaban J connectivity index is 1.64. The van der Waals surface area contributed by atoms with Crippen molar-refractivity contribution in [2.24, 2.45) is 0 Å². The van der Waals surface area contributed by atoms with Crippen LogP contribution in [0.1, 0.15) is 46.2 Å². The maximum atomic E-state index is 16.3. The Morgan fingerprint density at radius 1 is 1.14 bits per heavy atom. The van der Waals surface area contributed by atoms with Crippen LogP contribution in [0.3, 0.4) is 0 Å². The van der Waals surface area contributed by atoms with Crippen LogP contribution >= 0.6 is 11.6 Å². The summed E-state index contributed by atoms with van der Waals surface area (Å²) in [6, 6.07) is 1.61. The van der Waals surface area contributed by atoms with Crippen molar-refractivity contribution in [3.63, 3.8) is 0 Å². The lowest BCUT2D eigenvalue weighted by molar-refractivity contribution is -0.120. The number of carbonyl (C=O) groups excluding carboxylic acids is 1. The molecule has 1 aliphatic rings. The van der Waals surface area contributed by atoms with E-state index in [1.54, 1.807) is 12.2 Å². The molecule has 0 saturated heterocycles. The number of hydrogen-bond acceptors (Lipinski definition) is 6. The molecule has 0 spiro atoms. The molecular formula is C28H23ClF4N6O3. The highest BCUT2D eigenvalue weighted by molar-refractivity contribution is 6.31. The maximum absolute atomic E-state index is 16.3. The summed E-state index contributed by atoms with van der Waals surface area (Å²) in [5, 5.41) is 6.02. The van der Waals surface area contributed by atoms with Crippen molar-refractivity contribution < 1.29 is 29.8 Å². The molecule has 0 unspecified atom stereocenters. The van der Waals surface area contributed by atoms with E-state index in [9.17, 15) is 22.8 Å². The molecule has 1 aliphatic heterocycles. The van der Waals surface area contributed by atoms with Crippen LogP contribution in [0, 0.1) is 23.3 Å². The number of rotatable bonds is 6. The lowest BCUT2D eigenvalue weighted by Crippen LogP contribution is -2.40. The molecule has 0 bridgehead atoms. The van der Waals surface area contributed by atoms with E-state index in [2.05, 4.69) is 20.4 Å². The standard InChI is InChI=1S/C28H23ClF4N6O3/c1-14(40)36-28(2,3)25-19(32)12-38(37-25)26-23(33)24-15(10-35-26)6-4-5-7-17-9-21(22(29)27(41)39(17)24)42-13-20-18(31)8-16(30)11-34-20/h4-5,8-12H,6-7,13H2,1-3H3,(H,36,40)/b5-4-/i13D2. The van der Waals surface area contributed by atoms with E-state index in [0.29, 0.717) is 12.3 Å². The van der Waals surface area contributed by atoms with Gasteiger partial charge in [-0.3, -0.25) is 19.1 Å². The monoisotopic (exact) mass is 604 g/mol. The van der Waals surface area contributed by atoms with Gasteiger partial charge in [-0.15, -0.1) is 0 Å². The molecule has 1 N–H and O–H groups in total. The predicted octanol–water partition coefficient (Wildman–Crippen LogP) is 4.63. The first-order chi connectivity index (χ1) is 20.6. The maximum Gasteiger partial charge on any atom is 0.278 e. The second-order valence-electron chi connectivity index (χ2n) is 9.87. The fraction of sp³-hybridized carbons (Fsp3) is 0.250. The molecule has 218 valence electrons. The van der Waals surface area contributed by atoms with Crippen LogP contribution in [-0.2, 0) is 29.7 Å². The van der Waals surface area contributed by atoms with E-state index in [0.717, 1.165) is 15.4 Å². The van der Waals surface area contributed by atoms with Crippen molar-refractivity contribution in [3.8, 4) is 17.3 Å². The number of halogens is 5. The van der Waals surface area contributed by atoms with Gasteiger partial charge >= 0.3 is 0 Å². The summed E-state index contributed by atoms with van der Waals surface area (Å²) in [6.45, 7) is 1.30. The van der Waals surface area contributed by atoms with Gasteiger partial charge in [-0.25, -0.2) is 27.2 Å². The van der Waals surface area contributed by atoms with Gasteiger partial charge in [0.2, 0.25) is 5.91 Å². The molecule has 0 fully saturated rings. The zero-order valence-corrected chi connectivity index (χ0v) is 23.1. The minimum atomic E-state index is -2.99. The Hall–Kier alpha value is -4.52. The molecule has 14 heteroatoms. The molecule has 0 radical (unpaired) electrons. The summed E-state index contributed by atoms with van der Waals surface area (Å²) in [4.78, 5) is 32.8. The number of aromatic nitrogens is 5. The summed E-state index contributed by atoms with van der Waals surface area (Å²) in [6.07, 6.45) is 6.34. The second kappa shape index (κ2) is 11.0. The van der Waals surface area contributed by atoms with Gasteiger partial charge in [-0.2, -0.15) is 5.10 Å². The van der Waals surface area contributed by atoms with Crippen LogP contribution in [0.15, 0.2) is 47.7 Å². The number of nitrogens with zero attached hydrogens (tertiary/aromatic N) is 5. The van der Waals surface area contributed by atoms with Crippen LogP contribution in [0.5, 0.6) is 5.75 Å². The van der Waals surface area contributed by atoms with Crippen molar-refractivity contribution in [1.29, 1.82) is 0 Å². The third-order valence-corrected chi connectivity index (χ3v) is 6.68. The number of allylic oxidation sites excluding steroid dienone is 2. The van der Waals surface area contributed by atoms with Crippen molar-refractivity contribution in [2.45, 2.75) is 45.7 Å². The largest absolute Gasteiger partial charge is 0.485 e. The summed E-state index contributed by atoms with van der Waals surface area (Å²) in [7, 11) is 0. The zero-order valence-electron chi connectivity index (χ0n) is 24.3. The van der Waals surface area contributed by atoms with Crippen LogP contribution in [-0.4, -0.2) is 30.2 Å². The number of fused-ring (bicyclic) bond motifs is 3. The smallest absolute Gasteiger partial charge is 0.278 e. The number of nitrogens with one attached hydrogen (secondary N) is 1. The van der Waals surface area contributed by atoms with Crippen LogP contribution in [0.4, 0.5) is 17.6 Å². The summed E-state index contributed by atoms with van der Waals surface area (Å²) < 4.78 is 82.4. The van der Waals surface area contributed by atoms with Crippen molar-refractivity contribution in [3.05, 3.63) is 104 Å². The van der Waals surface area contributed by atoms with Gasteiger partial charge in [0.25, 0.3) is 5.56 Å². The van der Waals surface area contributed by atoms with Gasteiger partial charge in [0.1, 0.15) is 34.5 Å². The van der Waals surface area contributed by atoms with Crippen LogP contribution in [0.25, 0.3) is 11.5 Å². The number of carbonyl (C=O) groups is 1. The average molecular weight is 605 g/mol. The van der Waals surface area contributed by atoms with E-state index >= 15 is 4.39 Å². The summed E-state index contributed by atoms with van der Waals surface area (Å²) >= 11 is 6.32. The third kappa shape index (κ3) is 5.39. The zero-order chi connectivity index (χ0) is 32.1. The lowest BCUT2D eigenvalue weighted by atomic mass is 10.0. The van der Waals surface area contributed by atoms with Crippen molar-refractivity contribution >= 4 is 17.5 Å². The fourth-order valence-electron chi connectivity index (χ4n) is 4.53. The molecule has 0 aliphatic carbocycles. The van der Waals surface area contributed by atoms with E-state index in [-0.39, 0.29) is 35.5 Å². The van der Waals surface area contributed by atoms with Gasteiger partial charge in [0.15, 0.2) is 23.3 Å². The Labute approximate surface area is 244 Å². The number of ether oxygens (including phenoxy) is 1. The first-order valence-electron chi connectivity index (χ1n) is 13.4. The normalized spacial score (nSPS) is 14.6. The molecule has 0 saturated carbocycles. The molecule has 4 aromatic heterocycles. The quantitative estimate of drug-likeness (QED) is 0.254. The Morgan fingerprint density at radius 2 is 1.88 bits per heavy atom. The number of hydrogen-bond donors (Lipinski definition) is 1. The van der Waals surface area contributed by atoms with E-state index < -0.39 is 69.1 Å². The minimum absolute atomic E-state index is 0.0386. The minimum Gasteiger partial charge on any atom is -0.485 e. The lowest BCUT2D eigenvalue weighted by Gasteiger charge is -2.23. The second-order valence-corrected chi connectivity index (χ2v) is 10.2. The van der Waals surface area contributed by atoms with E-state index in [1.165, 1.54) is 33.0 Å². The van der Waals surface area contributed by atoms with Gasteiger partial charge in [-0.05, 0) is 20.3 Å². The highest BCUT2D eigenvalue weighted by atomic mass is 35.5. The summed E-state index contributed by atoms with van der Waals surface area (Å²) in [5.41, 5.74) is -3.24. The number of pyridine rings is 3. The Bertz CT molecular complexity index is 1910. The predicted molar refractivity (Wildman–Crippen MR) is 144 cm³/mol. The number of amides is 1. The molecule has 42 heavy (non-hydrogen) atoms.